The number of piperidine rings is 1. The standard InChI is InChI=1S/C17H22F3NO2/c1-11-7-14(16(22)23)10-21(8-11)9-12(2)13-3-5-15(6-4-13)17(18,19)20/h3-6,11-12,14H,7-10H2,1-2H3,(H,22,23). The van der Waals surface area contributed by atoms with Crippen molar-refractivity contribution in [1.82, 2.24) is 4.90 Å². The first-order valence-corrected chi connectivity index (χ1v) is 7.79. The first-order chi connectivity index (χ1) is 10.7. The zero-order valence-corrected chi connectivity index (χ0v) is 13.3. The van der Waals surface area contributed by atoms with Gasteiger partial charge in [-0.25, -0.2) is 0 Å². The molecule has 0 spiro atoms. The third kappa shape index (κ3) is 4.70. The summed E-state index contributed by atoms with van der Waals surface area (Å²) in [5.41, 5.74) is 0.189. The molecule has 128 valence electrons. The van der Waals surface area contributed by atoms with Crippen LogP contribution in [0.3, 0.4) is 0 Å². The van der Waals surface area contributed by atoms with Gasteiger partial charge in [0.25, 0.3) is 0 Å². The molecule has 1 aromatic rings. The second-order valence-electron chi connectivity index (χ2n) is 6.62. The van der Waals surface area contributed by atoms with Crippen LogP contribution in [0.4, 0.5) is 13.2 Å². The zero-order chi connectivity index (χ0) is 17.2. The molecule has 1 aliphatic heterocycles. The van der Waals surface area contributed by atoms with Gasteiger partial charge in [0.15, 0.2) is 0 Å². The number of likely N-dealkylation sites (tertiary alicyclic amines) is 1. The van der Waals surface area contributed by atoms with Crippen LogP contribution in [0.15, 0.2) is 24.3 Å². The van der Waals surface area contributed by atoms with Gasteiger partial charge in [-0.15, -0.1) is 0 Å². The summed E-state index contributed by atoms with van der Waals surface area (Å²) in [6.45, 7) is 5.97. The second kappa shape index (κ2) is 6.91. The lowest BCUT2D eigenvalue weighted by molar-refractivity contribution is -0.144. The van der Waals surface area contributed by atoms with E-state index < -0.39 is 17.7 Å². The Morgan fingerprint density at radius 2 is 1.91 bits per heavy atom. The van der Waals surface area contributed by atoms with Crippen LogP contribution in [0.5, 0.6) is 0 Å². The van der Waals surface area contributed by atoms with Gasteiger partial charge in [0, 0.05) is 19.6 Å². The molecule has 0 saturated carbocycles. The SMILES string of the molecule is CC1CC(C(=O)O)CN(CC(C)c2ccc(C(F)(F)F)cc2)C1. The summed E-state index contributed by atoms with van der Waals surface area (Å²) in [6, 6.07) is 5.22. The zero-order valence-electron chi connectivity index (χ0n) is 13.3. The van der Waals surface area contributed by atoms with E-state index in [0.29, 0.717) is 25.4 Å². The molecule has 1 fully saturated rings. The number of nitrogens with zero attached hydrogens (tertiary/aromatic N) is 1. The fourth-order valence-electron chi connectivity index (χ4n) is 3.28. The Kier molecular flexibility index (Phi) is 5.34. The van der Waals surface area contributed by atoms with Crippen LogP contribution in [0.2, 0.25) is 0 Å². The molecule has 2 rings (SSSR count). The minimum absolute atomic E-state index is 0.0528. The molecular weight excluding hydrogens is 307 g/mol. The molecule has 3 unspecified atom stereocenters. The van der Waals surface area contributed by atoms with E-state index in [0.717, 1.165) is 24.2 Å². The molecule has 6 heteroatoms. The van der Waals surface area contributed by atoms with Crippen molar-refractivity contribution in [2.45, 2.75) is 32.4 Å². The maximum atomic E-state index is 12.6. The Morgan fingerprint density at radius 1 is 1.30 bits per heavy atom. The van der Waals surface area contributed by atoms with E-state index in [9.17, 15) is 23.1 Å². The predicted molar refractivity (Wildman–Crippen MR) is 81.2 cm³/mol. The fourth-order valence-corrected chi connectivity index (χ4v) is 3.28. The molecule has 1 aliphatic rings. The van der Waals surface area contributed by atoms with Crippen LogP contribution in [-0.4, -0.2) is 35.6 Å². The summed E-state index contributed by atoms with van der Waals surface area (Å²) in [5.74, 6) is -0.774. The molecule has 23 heavy (non-hydrogen) atoms. The molecule has 3 nitrogen and oxygen atoms in total. The largest absolute Gasteiger partial charge is 0.481 e. The maximum absolute atomic E-state index is 12.6. The first kappa shape index (κ1) is 17.8. The molecule has 0 aliphatic carbocycles. The van der Waals surface area contributed by atoms with E-state index in [4.69, 9.17) is 0 Å². The van der Waals surface area contributed by atoms with Gasteiger partial charge >= 0.3 is 12.1 Å². The molecule has 1 N–H and O–H groups in total. The number of rotatable bonds is 4. The van der Waals surface area contributed by atoms with Crippen LogP contribution in [-0.2, 0) is 11.0 Å². The van der Waals surface area contributed by atoms with E-state index in [1.807, 2.05) is 13.8 Å². The highest BCUT2D eigenvalue weighted by Crippen LogP contribution is 2.31. The van der Waals surface area contributed by atoms with Gasteiger partial charge < -0.3 is 10.0 Å². The van der Waals surface area contributed by atoms with Gasteiger partial charge in [-0.2, -0.15) is 13.2 Å². The number of carbonyl (C=O) groups is 1. The molecular formula is C17H22F3NO2. The van der Waals surface area contributed by atoms with E-state index in [1.165, 1.54) is 12.1 Å². The third-order valence-electron chi connectivity index (χ3n) is 4.42. The molecule has 1 heterocycles. The highest BCUT2D eigenvalue weighted by molar-refractivity contribution is 5.70. The van der Waals surface area contributed by atoms with Gasteiger partial charge in [0.2, 0.25) is 0 Å². The lowest BCUT2D eigenvalue weighted by atomic mass is 9.89. The van der Waals surface area contributed by atoms with E-state index in [2.05, 4.69) is 4.90 Å². The number of hydrogen-bond acceptors (Lipinski definition) is 2. The van der Waals surface area contributed by atoms with Crippen LogP contribution in [0.1, 0.15) is 37.3 Å². The van der Waals surface area contributed by atoms with Crippen molar-refractivity contribution in [3.63, 3.8) is 0 Å². The molecule has 0 aromatic heterocycles. The summed E-state index contributed by atoms with van der Waals surface area (Å²) in [7, 11) is 0. The highest BCUT2D eigenvalue weighted by atomic mass is 19.4. The highest BCUT2D eigenvalue weighted by Gasteiger charge is 2.31. The topological polar surface area (TPSA) is 40.5 Å². The Bertz CT molecular complexity index is 542. The van der Waals surface area contributed by atoms with Gasteiger partial charge in [-0.3, -0.25) is 4.79 Å². The average Bonchev–Trinajstić information content (AvgIpc) is 2.45. The first-order valence-electron chi connectivity index (χ1n) is 7.79. The van der Waals surface area contributed by atoms with Crippen LogP contribution in [0.25, 0.3) is 0 Å². The Hall–Kier alpha value is -1.56. The van der Waals surface area contributed by atoms with Crippen molar-refractivity contribution in [3.05, 3.63) is 35.4 Å². The van der Waals surface area contributed by atoms with Gasteiger partial charge in [-0.1, -0.05) is 26.0 Å². The van der Waals surface area contributed by atoms with Crippen molar-refractivity contribution < 1.29 is 23.1 Å². The van der Waals surface area contributed by atoms with Crippen LogP contribution in [0, 0.1) is 11.8 Å². The quantitative estimate of drug-likeness (QED) is 0.912. The minimum Gasteiger partial charge on any atom is -0.481 e. The van der Waals surface area contributed by atoms with Crippen LogP contribution < -0.4 is 0 Å². The van der Waals surface area contributed by atoms with Crippen molar-refractivity contribution in [2.75, 3.05) is 19.6 Å². The van der Waals surface area contributed by atoms with Gasteiger partial charge in [-0.05, 0) is 36.0 Å². The predicted octanol–water partition coefficient (Wildman–Crippen LogP) is 3.85. The summed E-state index contributed by atoms with van der Waals surface area (Å²) >= 11 is 0. The number of alkyl halides is 3. The number of halogens is 3. The summed E-state index contributed by atoms with van der Waals surface area (Å²) in [5, 5.41) is 9.20. The fraction of sp³-hybridized carbons (Fsp3) is 0.588. The normalized spacial score (nSPS) is 24.4. The molecule has 3 atom stereocenters. The van der Waals surface area contributed by atoms with Crippen molar-refractivity contribution in [1.29, 1.82) is 0 Å². The van der Waals surface area contributed by atoms with Crippen molar-refractivity contribution >= 4 is 5.97 Å². The summed E-state index contributed by atoms with van der Waals surface area (Å²) in [6.07, 6.45) is -3.64. The van der Waals surface area contributed by atoms with E-state index >= 15 is 0 Å². The molecule has 1 saturated heterocycles. The van der Waals surface area contributed by atoms with Crippen molar-refractivity contribution in [2.24, 2.45) is 11.8 Å². The van der Waals surface area contributed by atoms with Gasteiger partial charge in [0.1, 0.15) is 0 Å². The molecule has 0 amide bonds. The lowest BCUT2D eigenvalue weighted by Crippen LogP contribution is -2.43. The molecule has 0 bridgehead atoms. The maximum Gasteiger partial charge on any atom is 0.416 e. The Labute approximate surface area is 134 Å². The Morgan fingerprint density at radius 3 is 2.43 bits per heavy atom. The van der Waals surface area contributed by atoms with E-state index in [1.54, 1.807) is 0 Å². The number of carboxylic acid groups (broad SMARTS) is 1. The smallest absolute Gasteiger partial charge is 0.416 e. The third-order valence-corrected chi connectivity index (χ3v) is 4.42. The van der Waals surface area contributed by atoms with Crippen molar-refractivity contribution in [3.8, 4) is 0 Å². The average molecular weight is 329 g/mol. The number of benzene rings is 1. The summed E-state index contributed by atoms with van der Waals surface area (Å²) < 4.78 is 37.8. The molecule has 1 aromatic carbocycles. The number of aliphatic carboxylic acids is 1. The number of carboxylic acids is 1. The Balaban J connectivity index is 2.00. The number of hydrogen-bond donors (Lipinski definition) is 1. The lowest BCUT2D eigenvalue weighted by Gasteiger charge is -2.36. The monoisotopic (exact) mass is 329 g/mol. The van der Waals surface area contributed by atoms with E-state index in [-0.39, 0.29) is 11.8 Å². The second-order valence-corrected chi connectivity index (χ2v) is 6.62. The van der Waals surface area contributed by atoms with Gasteiger partial charge in [0.05, 0.1) is 11.5 Å². The van der Waals surface area contributed by atoms with Crippen LogP contribution >= 0.6 is 0 Å². The minimum atomic E-state index is -4.32. The summed E-state index contributed by atoms with van der Waals surface area (Å²) in [4.78, 5) is 13.3. The molecule has 0 radical (unpaired) electrons.